The molecule has 4 nitrogen and oxygen atoms in total. The predicted octanol–water partition coefficient (Wildman–Crippen LogP) is 5.58. The summed E-state index contributed by atoms with van der Waals surface area (Å²) >= 11 is 0. The molecule has 2 atom stereocenters. The zero-order chi connectivity index (χ0) is 23.8. The van der Waals surface area contributed by atoms with Gasteiger partial charge < -0.3 is 9.30 Å². The van der Waals surface area contributed by atoms with Crippen molar-refractivity contribution in [1.82, 2.24) is 0 Å². The highest BCUT2D eigenvalue weighted by Crippen LogP contribution is 2.41. The quantitative estimate of drug-likeness (QED) is 0.183. The van der Waals surface area contributed by atoms with Crippen LogP contribution in [0.2, 0.25) is 0 Å². The molecule has 0 saturated carbocycles. The van der Waals surface area contributed by atoms with Gasteiger partial charge in [0.25, 0.3) is 0 Å². The van der Waals surface area contributed by atoms with E-state index in [9.17, 15) is 35.9 Å². The van der Waals surface area contributed by atoms with Crippen LogP contribution in [-0.4, -0.2) is 18.4 Å². The number of Topliss-reactive ketones (excluding diaryl/α,β-unsaturated/α-hetero) is 1. The second-order valence-corrected chi connectivity index (χ2v) is 6.10. The van der Waals surface area contributed by atoms with E-state index in [0.29, 0.717) is 33.7 Å². The van der Waals surface area contributed by atoms with Crippen molar-refractivity contribution in [3.8, 4) is 0 Å². The lowest BCUT2D eigenvalue weighted by atomic mass is 9.85. The summed E-state index contributed by atoms with van der Waals surface area (Å²) in [6, 6.07) is 8.18. The Hall–Kier alpha value is -2.61. The van der Waals surface area contributed by atoms with E-state index in [1.807, 2.05) is 0 Å². The van der Waals surface area contributed by atoms with Crippen molar-refractivity contribution in [3.63, 3.8) is 0 Å². The highest BCUT2D eigenvalue weighted by molar-refractivity contribution is 7.00. The van der Waals surface area contributed by atoms with Gasteiger partial charge >= 0.3 is 18.3 Å². The maximum Gasteiger partial charge on any atom is 0.417 e. The van der Waals surface area contributed by atoms with Crippen LogP contribution >= 0.6 is 9.12 Å². The maximum atomic E-state index is 13.4. The van der Waals surface area contributed by atoms with Gasteiger partial charge in [-0.05, 0) is 24.1 Å². The van der Waals surface area contributed by atoms with E-state index in [0.717, 1.165) is 0 Å². The highest BCUT2D eigenvalue weighted by Gasteiger charge is 2.45. The lowest BCUT2D eigenvalue weighted by molar-refractivity contribution is -0.146. The highest BCUT2D eigenvalue weighted by atomic mass is 31.0. The number of carbonyl (C=O) groups is 2. The third kappa shape index (κ3) is 6.69. The molecule has 170 valence electrons. The summed E-state index contributed by atoms with van der Waals surface area (Å²) in [6.45, 7) is 1.51. The minimum Gasteiger partial charge on any atom is -0.465 e. The number of ether oxygens (including phenoxy) is 1. The molecule has 2 rings (SSSR count). The molecule has 2 aromatic carbocycles. The van der Waals surface area contributed by atoms with Crippen LogP contribution in [0.5, 0.6) is 0 Å². The first-order valence-electron chi connectivity index (χ1n) is 8.80. The van der Waals surface area contributed by atoms with Crippen LogP contribution in [0, 0.1) is 0 Å². The zero-order valence-corrected chi connectivity index (χ0v) is 17.6. The first-order valence-corrected chi connectivity index (χ1v) is 9.38. The smallest absolute Gasteiger partial charge is 0.417 e. The van der Waals surface area contributed by atoms with E-state index in [1.165, 1.54) is 30.3 Å². The molecule has 0 aliphatic carbocycles. The molecule has 31 heavy (non-hydrogen) atoms. The monoisotopic (exact) mass is 468 g/mol. The molecule has 0 aliphatic rings. The van der Waals surface area contributed by atoms with Crippen LogP contribution in [0.15, 0.2) is 48.5 Å². The molecule has 0 spiro atoms. The first-order chi connectivity index (χ1) is 14.5. The zero-order valence-electron chi connectivity index (χ0n) is 16.2. The largest absolute Gasteiger partial charge is 0.465 e. The van der Waals surface area contributed by atoms with Gasteiger partial charge in [-0.1, -0.05) is 43.3 Å². The van der Waals surface area contributed by atoms with Crippen molar-refractivity contribution < 1.29 is 45.2 Å². The molecule has 11 heteroatoms. The number of rotatable bonds is 6. The standard InChI is InChI=1S/C20H16F6O3.H3OP/c1-2-11-29-18(28)15(12-7-4-3-5-8-12)17(27)16-13(19(21,22)23)9-6-10-14(16)20(24,25)26;1-2/h3-10,15H,2,11H2,1H3;2H3. The second kappa shape index (κ2) is 11.1. The molecule has 0 aliphatic heterocycles. The van der Waals surface area contributed by atoms with Crippen LogP contribution in [-0.2, 0) is 26.4 Å². The Morgan fingerprint density at radius 3 is 1.77 bits per heavy atom. The van der Waals surface area contributed by atoms with Gasteiger partial charge in [-0.15, -0.1) is 0 Å². The Balaban J connectivity index is 0.00000233. The summed E-state index contributed by atoms with van der Waals surface area (Å²) in [6.07, 6.45) is -10.1. The Labute approximate surface area is 175 Å². The summed E-state index contributed by atoms with van der Waals surface area (Å²) in [5.41, 5.74) is -5.19. The minimum atomic E-state index is -5.24. The summed E-state index contributed by atoms with van der Waals surface area (Å²) in [5.74, 6) is -4.81. The lowest BCUT2D eigenvalue weighted by Crippen LogP contribution is -2.29. The number of halogens is 6. The van der Waals surface area contributed by atoms with Gasteiger partial charge in [-0.3, -0.25) is 9.59 Å². The minimum absolute atomic E-state index is 0.0660. The Morgan fingerprint density at radius 1 is 0.871 bits per heavy atom. The van der Waals surface area contributed by atoms with E-state index in [-0.39, 0.29) is 12.2 Å². The Morgan fingerprint density at radius 2 is 1.35 bits per heavy atom. The molecule has 0 aromatic heterocycles. The fourth-order valence-corrected chi connectivity index (χ4v) is 2.76. The summed E-state index contributed by atoms with van der Waals surface area (Å²) in [4.78, 5) is 25.4. The van der Waals surface area contributed by atoms with Gasteiger partial charge in [0.2, 0.25) is 0 Å². The topological polar surface area (TPSA) is 60.4 Å². The molecular weight excluding hydrogens is 449 g/mol. The molecule has 0 radical (unpaired) electrons. The van der Waals surface area contributed by atoms with E-state index < -0.39 is 46.7 Å². The van der Waals surface area contributed by atoms with Crippen molar-refractivity contribution in [2.24, 2.45) is 0 Å². The normalized spacial score (nSPS) is 12.5. The number of alkyl halides is 6. The van der Waals surface area contributed by atoms with Gasteiger partial charge in [0.1, 0.15) is 5.92 Å². The van der Waals surface area contributed by atoms with Gasteiger partial charge in [0.05, 0.1) is 26.9 Å². The van der Waals surface area contributed by atoms with Gasteiger partial charge in [-0.25, -0.2) is 0 Å². The van der Waals surface area contributed by atoms with Crippen molar-refractivity contribution >= 4 is 20.9 Å². The van der Waals surface area contributed by atoms with E-state index in [4.69, 9.17) is 9.30 Å². The number of hydrogen-bond acceptors (Lipinski definition) is 4. The van der Waals surface area contributed by atoms with Crippen molar-refractivity contribution in [1.29, 1.82) is 0 Å². The van der Waals surface area contributed by atoms with E-state index in [2.05, 4.69) is 0 Å². The molecule has 2 aromatic rings. The predicted molar refractivity (Wildman–Crippen MR) is 103 cm³/mol. The molecule has 2 unspecified atom stereocenters. The lowest BCUT2D eigenvalue weighted by Gasteiger charge is -2.21. The van der Waals surface area contributed by atoms with Crippen LogP contribution in [0.25, 0.3) is 0 Å². The van der Waals surface area contributed by atoms with Crippen LogP contribution in [0.1, 0.15) is 46.3 Å². The van der Waals surface area contributed by atoms with Crippen LogP contribution in [0.3, 0.4) is 0 Å². The fourth-order valence-electron chi connectivity index (χ4n) is 2.76. The average molecular weight is 468 g/mol. The van der Waals surface area contributed by atoms with Crippen LogP contribution in [0.4, 0.5) is 26.3 Å². The summed E-state index contributed by atoms with van der Waals surface area (Å²) < 4.78 is 93.6. The number of hydrogen-bond donors (Lipinski definition) is 0. The van der Waals surface area contributed by atoms with Crippen molar-refractivity contribution in [2.75, 3.05) is 6.61 Å². The third-order valence-electron chi connectivity index (χ3n) is 4.00. The third-order valence-corrected chi connectivity index (χ3v) is 4.00. The second-order valence-electron chi connectivity index (χ2n) is 6.10. The molecule has 0 saturated heterocycles. The molecule has 0 N–H and O–H groups in total. The van der Waals surface area contributed by atoms with Crippen molar-refractivity contribution in [2.45, 2.75) is 31.6 Å². The molecule has 0 heterocycles. The number of benzene rings is 2. The number of esters is 1. The van der Waals surface area contributed by atoms with E-state index in [1.54, 1.807) is 6.92 Å². The fraction of sp³-hybridized carbons (Fsp3) is 0.300. The van der Waals surface area contributed by atoms with Gasteiger partial charge in [0, 0.05) is 5.56 Å². The number of carbonyl (C=O) groups excluding carboxylic acids is 2. The molecule has 0 fully saturated rings. The van der Waals surface area contributed by atoms with Gasteiger partial charge in [0.15, 0.2) is 5.78 Å². The van der Waals surface area contributed by atoms with Gasteiger partial charge in [-0.2, -0.15) is 26.3 Å². The Bertz CT molecular complexity index is 865. The average Bonchev–Trinajstić information content (AvgIpc) is 2.72. The molecular formula is C20H19F6O4P. The van der Waals surface area contributed by atoms with Crippen LogP contribution < -0.4 is 0 Å². The first kappa shape index (κ1) is 26.4. The summed E-state index contributed by atoms with van der Waals surface area (Å²) in [7, 11) is 0.611. The SMILES string of the molecule is CCCOC(=O)C(C(=O)c1c(C(F)(F)F)cccc1C(F)(F)F)c1ccccc1.O=[PH3]. The molecule has 0 bridgehead atoms. The van der Waals surface area contributed by atoms with Crippen molar-refractivity contribution in [3.05, 3.63) is 70.8 Å². The number of ketones is 1. The van der Waals surface area contributed by atoms with E-state index >= 15 is 0 Å². The Kier molecular flexibility index (Phi) is 9.49. The summed E-state index contributed by atoms with van der Waals surface area (Å²) in [5, 5.41) is 0. The molecule has 0 amide bonds. The maximum absolute atomic E-state index is 13.4.